The van der Waals surface area contributed by atoms with Gasteiger partial charge in [0.05, 0.1) is 0 Å². The molecule has 0 unspecified atom stereocenters. The topological polar surface area (TPSA) is 71.1 Å². The van der Waals surface area contributed by atoms with Gasteiger partial charge in [0.2, 0.25) is 10.0 Å². The quantitative estimate of drug-likeness (QED) is 0.774. The summed E-state index contributed by atoms with van der Waals surface area (Å²) in [7, 11) is -3.52. The lowest BCUT2D eigenvalue weighted by atomic mass is 9.98. The molecule has 0 saturated heterocycles. The Hall–Kier alpha value is -1.14. The molecule has 0 bridgehead atoms. The average molecular weight is 299 g/mol. The summed E-state index contributed by atoms with van der Waals surface area (Å²) >= 11 is 0. The molecule has 0 aliphatic rings. The number of nitrogens with one attached hydrogen (secondary N) is 2. The van der Waals surface area contributed by atoms with Crippen LogP contribution in [0.3, 0.4) is 0 Å². The lowest BCUT2D eigenvalue weighted by Gasteiger charge is -2.27. The van der Waals surface area contributed by atoms with Crippen LogP contribution in [0.4, 0.5) is 5.82 Å². The van der Waals surface area contributed by atoms with Crippen molar-refractivity contribution in [3.8, 4) is 0 Å². The number of aromatic nitrogens is 1. The number of sulfonamides is 1. The van der Waals surface area contributed by atoms with Gasteiger partial charge in [-0.05, 0) is 38.3 Å². The fraction of sp³-hybridized carbons (Fsp3) is 0.643. The van der Waals surface area contributed by atoms with Crippen LogP contribution in [0.5, 0.6) is 0 Å². The van der Waals surface area contributed by atoms with E-state index in [-0.39, 0.29) is 4.90 Å². The van der Waals surface area contributed by atoms with Crippen molar-refractivity contribution >= 4 is 15.8 Å². The molecule has 0 spiro atoms. The second kappa shape index (κ2) is 7.04. The van der Waals surface area contributed by atoms with Crippen molar-refractivity contribution in [2.24, 2.45) is 0 Å². The third-order valence-corrected chi connectivity index (χ3v) is 5.17. The fourth-order valence-electron chi connectivity index (χ4n) is 1.67. The van der Waals surface area contributed by atoms with Crippen molar-refractivity contribution in [2.75, 3.05) is 11.9 Å². The molecule has 1 aromatic rings. The molecule has 5 nitrogen and oxygen atoms in total. The maximum Gasteiger partial charge on any atom is 0.242 e. The zero-order valence-electron chi connectivity index (χ0n) is 12.7. The van der Waals surface area contributed by atoms with E-state index in [4.69, 9.17) is 0 Å². The molecule has 0 atom stereocenters. The average Bonchev–Trinajstić information content (AvgIpc) is 2.45. The van der Waals surface area contributed by atoms with Crippen LogP contribution in [0.25, 0.3) is 0 Å². The highest BCUT2D eigenvalue weighted by Gasteiger charge is 2.27. The summed E-state index contributed by atoms with van der Waals surface area (Å²) < 4.78 is 27.4. The van der Waals surface area contributed by atoms with Gasteiger partial charge in [-0.2, -0.15) is 0 Å². The third kappa shape index (κ3) is 4.45. The van der Waals surface area contributed by atoms with Crippen LogP contribution in [0, 0.1) is 0 Å². The molecule has 0 aliphatic heterocycles. The van der Waals surface area contributed by atoms with Crippen molar-refractivity contribution < 1.29 is 8.42 Å². The van der Waals surface area contributed by atoms with Crippen LogP contribution in [-0.4, -0.2) is 25.5 Å². The van der Waals surface area contributed by atoms with Gasteiger partial charge in [0.25, 0.3) is 0 Å². The van der Waals surface area contributed by atoms with E-state index in [9.17, 15) is 8.42 Å². The van der Waals surface area contributed by atoms with Gasteiger partial charge in [0.15, 0.2) is 0 Å². The Morgan fingerprint density at radius 1 is 1.20 bits per heavy atom. The Morgan fingerprint density at radius 3 is 2.30 bits per heavy atom. The van der Waals surface area contributed by atoms with Crippen molar-refractivity contribution in [1.29, 1.82) is 0 Å². The molecular formula is C14H25N3O2S. The molecule has 0 aliphatic carbocycles. The maximum absolute atomic E-state index is 12.3. The molecular weight excluding hydrogens is 274 g/mol. The van der Waals surface area contributed by atoms with Gasteiger partial charge in [-0.15, -0.1) is 0 Å². The standard InChI is InChI=1S/C14H25N3O2S/c1-5-10-15-13-9-8-12(11-16-13)20(18,19)17-14(4,6-2)7-3/h8-9,11,17H,5-7,10H2,1-4H3,(H,15,16). The minimum atomic E-state index is -3.52. The molecule has 1 heterocycles. The van der Waals surface area contributed by atoms with Gasteiger partial charge in [0, 0.05) is 18.3 Å². The molecule has 20 heavy (non-hydrogen) atoms. The van der Waals surface area contributed by atoms with E-state index < -0.39 is 15.6 Å². The smallest absolute Gasteiger partial charge is 0.242 e. The summed E-state index contributed by atoms with van der Waals surface area (Å²) in [5, 5.41) is 3.12. The molecule has 0 aromatic carbocycles. The number of nitrogens with zero attached hydrogens (tertiary/aromatic N) is 1. The number of pyridine rings is 1. The van der Waals surface area contributed by atoms with Crippen LogP contribution in [-0.2, 0) is 10.0 Å². The first-order chi connectivity index (χ1) is 9.37. The molecule has 0 radical (unpaired) electrons. The minimum absolute atomic E-state index is 0.202. The van der Waals surface area contributed by atoms with Crippen LogP contribution in [0.2, 0.25) is 0 Å². The Kier molecular flexibility index (Phi) is 5.95. The van der Waals surface area contributed by atoms with Gasteiger partial charge in [-0.3, -0.25) is 0 Å². The SMILES string of the molecule is CCCNc1ccc(S(=O)(=O)NC(C)(CC)CC)cn1. The van der Waals surface area contributed by atoms with Gasteiger partial charge >= 0.3 is 0 Å². The Labute approximate surface area is 122 Å². The molecule has 0 fully saturated rings. The van der Waals surface area contributed by atoms with E-state index in [1.165, 1.54) is 6.20 Å². The lowest BCUT2D eigenvalue weighted by molar-refractivity contribution is 0.388. The zero-order chi connectivity index (χ0) is 15.2. The molecule has 0 saturated carbocycles. The highest BCUT2D eigenvalue weighted by atomic mass is 32.2. The van der Waals surface area contributed by atoms with Gasteiger partial charge in [-0.25, -0.2) is 18.1 Å². The van der Waals surface area contributed by atoms with Gasteiger partial charge < -0.3 is 5.32 Å². The molecule has 1 rings (SSSR count). The van der Waals surface area contributed by atoms with Crippen molar-refractivity contribution in [1.82, 2.24) is 9.71 Å². The number of rotatable bonds is 8. The predicted octanol–water partition coefficient (Wildman–Crippen LogP) is 2.76. The highest BCUT2D eigenvalue weighted by molar-refractivity contribution is 7.89. The predicted molar refractivity (Wildman–Crippen MR) is 82.3 cm³/mol. The van der Waals surface area contributed by atoms with Crippen LogP contribution >= 0.6 is 0 Å². The van der Waals surface area contributed by atoms with Crippen LogP contribution in [0.1, 0.15) is 47.0 Å². The second-order valence-corrected chi connectivity index (χ2v) is 6.86. The van der Waals surface area contributed by atoms with E-state index in [0.29, 0.717) is 5.82 Å². The van der Waals surface area contributed by atoms with Crippen molar-refractivity contribution in [3.05, 3.63) is 18.3 Å². The van der Waals surface area contributed by atoms with Crippen molar-refractivity contribution in [3.63, 3.8) is 0 Å². The fourth-order valence-corrected chi connectivity index (χ4v) is 3.17. The monoisotopic (exact) mass is 299 g/mol. The first kappa shape index (κ1) is 16.9. The highest BCUT2D eigenvalue weighted by Crippen LogP contribution is 2.19. The largest absolute Gasteiger partial charge is 0.370 e. The number of hydrogen-bond donors (Lipinski definition) is 2. The van der Waals surface area contributed by atoms with E-state index in [1.54, 1.807) is 12.1 Å². The summed E-state index contributed by atoms with van der Waals surface area (Å²) in [5.41, 5.74) is -0.419. The van der Waals surface area contributed by atoms with Gasteiger partial charge in [-0.1, -0.05) is 20.8 Å². The zero-order valence-corrected chi connectivity index (χ0v) is 13.5. The normalized spacial score (nSPS) is 12.4. The first-order valence-corrected chi connectivity index (χ1v) is 8.59. The summed E-state index contributed by atoms with van der Waals surface area (Å²) in [6, 6.07) is 3.28. The Bertz CT molecular complexity index is 508. The molecule has 114 valence electrons. The maximum atomic E-state index is 12.3. The minimum Gasteiger partial charge on any atom is -0.370 e. The third-order valence-electron chi connectivity index (χ3n) is 3.54. The summed E-state index contributed by atoms with van der Waals surface area (Å²) in [6.45, 7) is 8.74. The summed E-state index contributed by atoms with van der Waals surface area (Å²) in [4.78, 5) is 4.34. The Morgan fingerprint density at radius 2 is 1.85 bits per heavy atom. The molecule has 6 heteroatoms. The molecule has 0 amide bonds. The van der Waals surface area contributed by atoms with E-state index >= 15 is 0 Å². The number of hydrogen-bond acceptors (Lipinski definition) is 4. The first-order valence-electron chi connectivity index (χ1n) is 7.10. The van der Waals surface area contributed by atoms with Gasteiger partial charge in [0.1, 0.15) is 10.7 Å². The van der Waals surface area contributed by atoms with Crippen molar-refractivity contribution in [2.45, 2.75) is 57.4 Å². The molecule has 1 aromatic heterocycles. The van der Waals surface area contributed by atoms with Crippen LogP contribution in [0.15, 0.2) is 23.2 Å². The summed E-state index contributed by atoms with van der Waals surface area (Å²) in [6.07, 6.45) is 3.87. The van der Waals surface area contributed by atoms with Crippen LogP contribution < -0.4 is 10.0 Å². The van der Waals surface area contributed by atoms with E-state index in [2.05, 4.69) is 21.9 Å². The van der Waals surface area contributed by atoms with E-state index in [0.717, 1.165) is 25.8 Å². The molecule has 2 N–H and O–H groups in total. The second-order valence-electron chi connectivity index (χ2n) is 5.18. The number of anilines is 1. The lowest BCUT2D eigenvalue weighted by Crippen LogP contribution is -2.44. The Balaban J connectivity index is 2.88. The van der Waals surface area contributed by atoms with E-state index in [1.807, 2.05) is 20.8 Å². The summed E-state index contributed by atoms with van der Waals surface area (Å²) in [5.74, 6) is 0.694.